The lowest BCUT2D eigenvalue weighted by Crippen LogP contribution is -2.18. The Labute approximate surface area is 203 Å². The minimum atomic E-state index is -3.92. The average molecular weight is 577 g/mol. The standard InChI is InChI=1S/C22H19Br2N5O2S/c23-18-10-6-16(7-11-18)14-25-21-27-22(26-15-17-8-12-19(24)13-9-17)29(28-21)32(30,31)20-4-2-1-3-5-20/h1-13H,14-15H2,(H2,25,26,27,28). The summed E-state index contributed by atoms with van der Waals surface area (Å²) in [6.45, 7) is 0.845. The third kappa shape index (κ3) is 5.37. The van der Waals surface area contributed by atoms with Crippen molar-refractivity contribution in [3.05, 3.63) is 98.9 Å². The monoisotopic (exact) mass is 575 g/mol. The van der Waals surface area contributed by atoms with Crippen molar-refractivity contribution in [1.29, 1.82) is 0 Å². The highest BCUT2D eigenvalue weighted by molar-refractivity contribution is 9.10. The summed E-state index contributed by atoms with van der Waals surface area (Å²) in [6, 6.07) is 23.7. The predicted molar refractivity (Wildman–Crippen MR) is 132 cm³/mol. The molecule has 3 aromatic carbocycles. The fourth-order valence-corrected chi connectivity index (χ4v) is 4.65. The van der Waals surface area contributed by atoms with Gasteiger partial charge in [-0.2, -0.15) is 13.4 Å². The number of rotatable bonds is 8. The number of anilines is 2. The zero-order valence-corrected chi connectivity index (χ0v) is 20.7. The smallest absolute Gasteiger partial charge is 0.286 e. The zero-order valence-electron chi connectivity index (χ0n) is 16.7. The average Bonchev–Trinajstić information content (AvgIpc) is 3.23. The molecule has 0 radical (unpaired) electrons. The summed E-state index contributed by atoms with van der Waals surface area (Å²) in [5.74, 6) is 0.348. The molecule has 0 saturated heterocycles. The fourth-order valence-electron chi connectivity index (χ4n) is 2.91. The predicted octanol–water partition coefficient (Wildman–Crippen LogP) is 5.26. The number of nitrogens with zero attached hydrogens (tertiary/aromatic N) is 3. The molecule has 0 fully saturated rings. The van der Waals surface area contributed by atoms with Crippen LogP contribution in [0.5, 0.6) is 0 Å². The minimum Gasteiger partial charge on any atom is -0.349 e. The summed E-state index contributed by atoms with van der Waals surface area (Å²) in [5.41, 5.74) is 1.99. The normalized spacial score (nSPS) is 11.3. The maximum absolute atomic E-state index is 13.2. The van der Waals surface area contributed by atoms with E-state index in [2.05, 4.69) is 52.6 Å². The molecule has 0 bridgehead atoms. The lowest BCUT2D eigenvalue weighted by molar-refractivity contribution is 0.580. The molecule has 0 aliphatic carbocycles. The molecule has 0 unspecified atom stereocenters. The van der Waals surface area contributed by atoms with Gasteiger partial charge in [-0.05, 0) is 47.5 Å². The van der Waals surface area contributed by atoms with Crippen molar-refractivity contribution in [3.8, 4) is 0 Å². The number of halogens is 2. The van der Waals surface area contributed by atoms with Crippen LogP contribution in [-0.2, 0) is 23.1 Å². The first kappa shape index (κ1) is 22.5. The Morgan fingerprint density at radius 3 is 1.84 bits per heavy atom. The molecular formula is C22H19Br2N5O2S. The first-order chi connectivity index (χ1) is 15.4. The Morgan fingerprint density at radius 2 is 1.28 bits per heavy atom. The summed E-state index contributed by atoms with van der Waals surface area (Å²) in [4.78, 5) is 4.53. The van der Waals surface area contributed by atoms with Gasteiger partial charge < -0.3 is 10.6 Å². The van der Waals surface area contributed by atoms with Crippen LogP contribution in [0.15, 0.2) is 92.7 Å². The maximum Gasteiger partial charge on any atom is 0.286 e. The summed E-state index contributed by atoms with van der Waals surface area (Å²) >= 11 is 6.82. The maximum atomic E-state index is 13.2. The van der Waals surface area contributed by atoms with Gasteiger partial charge in [-0.25, -0.2) is 0 Å². The van der Waals surface area contributed by atoms with E-state index >= 15 is 0 Å². The van der Waals surface area contributed by atoms with Crippen LogP contribution in [-0.4, -0.2) is 22.6 Å². The van der Waals surface area contributed by atoms with Crippen LogP contribution in [0.3, 0.4) is 0 Å². The Balaban J connectivity index is 1.61. The van der Waals surface area contributed by atoms with Gasteiger partial charge in [0.15, 0.2) is 0 Å². The minimum absolute atomic E-state index is 0.134. The summed E-state index contributed by atoms with van der Waals surface area (Å²) < 4.78 is 29.3. The Kier molecular flexibility index (Phi) is 6.92. The first-order valence-corrected chi connectivity index (χ1v) is 12.7. The van der Waals surface area contributed by atoms with Crippen LogP contribution in [0.2, 0.25) is 0 Å². The van der Waals surface area contributed by atoms with Gasteiger partial charge in [0.05, 0.1) is 4.90 Å². The van der Waals surface area contributed by atoms with E-state index in [1.54, 1.807) is 18.2 Å². The van der Waals surface area contributed by atoms with E-state index in [-0.39, 0.29) is 16.8 Å². The van der Waals surface area contributed by atoms with E-state index < -0.39 is 10.0 Å². The van der Waals surface area contributed by atoms with Crippen LogP contribution in [0.25, 0.3) is 0 Å². The zero-order chi connectivity index (χ0) is 22.6. The lowest BCUT2D eigenvalue weighted by Gasteiger charge is -2.09. The second-order valence-electron chi connectivity index (χ2n) is 6.88. The first-order valence-electron chi connectivity index (χ1n) is 9.66. The van der Waals surface area contributed by atoms with Crippen molar-refractivity contribution in [2.75, 3.05) is 10.6 Å². The summed E-state index contributed by atoms with van der Waals surface area (Å²) in [5, 5.41) is 10.4. The van der Waals surface area contributed by atoms with Gasteiger partial charge in [0.25, 0.3) is 10.0 Å². The molecule has 7 nitrogen and oxygen atoms in total. The summed E-state index contributed by atoms with van der Waals surface area (Å²) in [6.07, 6.45) is 0. The highest BCUT2D eigenvalue weighted by Crippen LogP contribution is 2.20. The number of aromatic nitrogens is 3. The largest absolute Gasteiger partial charge is 0.349 e. The molecule has 2 N–H and O–H groups in total. The molecule has 0 aliphatic rings. The molecule has 164 valence electrons. The van der Waals surface area contributed by atoms with Gasteiger partial charge in [-0.1, -0.05) is 74.3 Å². The van der Waals surface area contributed by atoms with Gasteiger partial charge in [-0.15, -0.1) is 9.19 Å². The number of benzene rings is 3. The SMILES string of the molecule is O=S(=O)(c1ccccc1)n1nc(NCc2ccc(Br)cc2)nc1NCc1ccc(Br)cc1. The van der Waals surface area contributed by atoms with Crippen LogP contribution in [0.4, 0.5) is 11.9 Å². The van der Waals surface area contributed by atoms with Crippen molar-refractivity contribution in [2.45, 2.75) is 18.0 Å². The Bertz CT molecular complexity index is 1290. The topological polar surface area (TPSA) is 88.9 Å². The lowest BCUT2D eigenvalue weighted by atomic mass is 10.2. The quantitative estimate of drug-likeness (QED) is 0.297. The highest BCUT2D eigenvalue weighted by atomic mass is 79.9. The van der Waals surface area contributed by atoms with Gasteiger partial charge in [0.1, 0.15) is 0 Å². The number of nitrogens with one attached hydrogen (secondary N) is 2. The van der Waals surface area contributed by atoms with Gasteiger partial charge in [0, 0.05) is 22.0 Å². The van der Waals surface area contributed by atoms with E-state index in [4.69, 9.17) is 0 Å². The fraction of sp³-hybridized carbons (Fsp3) is 0.0909. The van der Waals surface area contributed by atoms with Crippen LogP contribution in [0.1, 0.15) is 11.1 Å². The molecule has 4 rings (SSSR count). The number of hydrogen-bond acceptors (Lipinski definition) is 6. The molecule has 1 aromatic heterocycles. The van der Waals surface area contributed by atoms with Crippen LogP contribution >= 0.6 is 31.9 Å². The molecule has 0 atom stereocenters. The van der Waals surface area contributed by atoms with E-state index in [1.165, 1.54) is 12.1 Å². The molecule has 0 spiro atoms. The van der Waals surface area contributed by atoms with E-state index in [0.717, 1.165) is 24.2 Å². The third-order valence-electron chi connectivity index (χ3n) is 4.58. The molecule has 32 heavy (non-hydrogen) atoms. The molecule has 0 amide bonds. The number of hydrogen-bond donors (Lipinski definition) is 2. The van der Waals surface area contributed by atoms with Crippen molar-refractivity contribution >= 4 is 53.8 Å². The van der Waals surface area contributed by atoms with Crippen molar-refractivity contribution in [1.82, 2.24) is 14.2 Å². The van der Waals surface area contributed by atoms with E-state index in [9.17, 15) is 8.42 Å². The molecule has 10 heteroatoms. The Hall–Kier alpha value is -2.69. The second kappa shape index (κ2) is 9.85. The molecule has 1 heterocycles. The molecule has 4 aromatic rings. The van der Waals surface area contributed by atoms with Crippen molar-refractivity contribution < 1.29 is 8.42 Å². The second-order valence-corrected chi connectivity index (χ2v) is 10.5. The van der Waals surface area contributed by atoms with Gasteiger partial charge >= 0.3 is 0 Å². The van der Waals surface area contributed by atoms with Crippen LogP contribution < -0.4 is 10.6 Å². The summed E-state index contributed by atoms with van der Waals surface area (Å²) in [7, 11) is -3.92. The van der Waals surface area contributed by atoms with Gasteiger partial charge in [-0.3, -0.25) is 0 Å². The molecule has 0 aliphatic heterocycles. The van der Waals surface area contributed by atoms with Crippen molar-refractivity contribution in [2.24, 2.45) is 0 Å². The van der Waals surface area contributed by atoms with Crippen LogP contribution in [0, 0.1) is 0 Å². The molecule has 0 saturated carbocycles. The Morgan fingerprint density at radius 1 is 0.750 bits per heavy atom. The molecular weight excluding hydrogens is 558 g/mol. The van der Waals surface area contributed by atoms with Crippen molar-refractivity contribution in [3.63, 3.8) is 0 Å². The third-order valence-corrected chi connectivity index (χ3v) is 7.21. The van der Waals surface area contributed by atoms with Gasteiger partial charge in [0.2, 0.25) is 11.9 Å². The highest BCUT2D eigenvalue weighted by Gasteiger charge is 2.24. The van der Waals surface area contributed by atoms with E-state index in [0.29, 0.717) is 13.1 Å². The van der Waals surface area contributed by atoms with E-state index in [1.807, 2.05) is 48.5 Å².